The van der Waals surface area contributed by atoms with Gasteiger partial charge >= 0.3 is 55.4 Å². The summed E-state index contributed by atoms with van der Waals surface area (Å²) in [5.41, 5.74) is 0. The van der Waals surface area contributed by atoms with E-state index in [4.69, 9.17) is 0 Å². The van der Waals surface area contributed by atoms with Gasteiger partial charge in [-0.3, -0.25) is 0 Å². The molecule has 2 aliphatic rings. The Morgan fingerprint density at radius 1 is 0.375 bits per heavy atom. The van der Waals surface area contributed by atoms with Crippen molar-refractivity contribution in [1.82, 2.24) is 0 Å². The van der Waals surface area contributed by atoms with Gasteiger partial charge in [-0.2, -0.15) is 0 Å². The molecule has 2 fully saturated rings. The maximum atomic E-state index is 9.87. The summed E-state index contributed by atoms with van der Waals surface area (Å²) >= 11 is 0. The van der Waals surface area contributed by atoms with Crippen molar-refractivity contribution in [2.24, 2.45) is 0 Å². The van der Waals surface area contributed by atoms with Crippen molar-refractivity contribution in [1.29, 1.82) is 0 Å². The molecule has 0 aliphatic heterocycles. The Balaban J connectivity index is 0. The molecular formula is C16H24AgF6P. The maximum Gasteiger partial charge on any atom is 1.00 e. The first kappa shape index (κ1) is 27.0. The van der Waals surface area contributed by atoms with E-state index in [9.17, 15) is 25.2 Å². The molecule has 0 spiro atoms. The van der Waals surface area contributed by atoms with Gasteiger partial charge < -0.3 is 0 Å². The molecule has 146 valence electrons. The van der Waals surface area contributed by atoms with Crippen LogP contribution in [-0.2, 0) is 22.4 Å². The first-order valence-corrected chi connectivity index (χ1v) is 9.64. The van der Waals surface area contributed by atoms with Crippen LogP contribution in [0, 0.1) is 51.4 Å². The second-order valence-corrected chi connectivity index (χ2v) is 7.07. The van der Waals surface area contributed by atoms with E-state index in [1.165, 1.54) is 51.4 Å². The van der Waals surface area contributed by atoms with Gasteiger partial charge in [0.2, 0.25) is 0 Å². The quantitative estimate of drug-likeness (QED) is 0.191. The van der Waals surface area contributed by atoms with Crippen molar-refractivity contribution < 1.29 is 47.6 Å². The number of halogens is 6. The molecule has 8 radical (unpaired) electrons. The van der Waals surface area contributed by atoms with Crippen LogP contribution in [0.4, 0.5) is 25.2 Å². The predicted molar refractivity (Wildman–Crippen MR) is 84.9 cm³/mol. The fourth-order valence-electron chi connectivity index (χ4n) is 1.71. The summed E-state index contributed by atoms with van der Waals surface area (Å²) in [5, 5.41) is 0. The fourth-order valence-corrected chi connectivity index (χ4v) is 1.71. The van der Waals surface area contributed by atoms with Gasteiger partial charge in [-0.25, -0.2) is 0 Å². The van der Waals surface area contributed by atoms with E-state index in [0.717, 1.165) is 0 Å². The van der Waals surface area contributed by atoms with Crippen molar-refractivity contribution >= 4 is 7.81 Å². The van der Waals surface area contributed by atoms with Crippen molar-refractivity contribution in [3.05, 3.63) is 51.4 Å². The Kier molecular flexibility index (Phi) is 13.7. The molecule has 0 nitrogen and oxygen atoms in total. The number of hydrogen-bond acceptors (Lipinski definition) is 0. The van der Waals surface area contributed by atoms with Gasteiger partial charge in [0.05, 0.1) is 0 Å². The zero-order chi connectivity index (χ0) is 17.7. The van der Waals surface area contributed by atoms with Crippen molar-refractivity contribution in [3.8, 4) is 0 Å². The Morgan fingerprint density at radius 2 is 0.458 bits per heavy atom. The summed E-state index contributed by atoms with van der Waals surface area (Å²) in [7, 11) is -10.7. The number of rotatable bonds is 0. The molecule has 2 saturated carbocycles. The third-order valence-corrected chi connectivity index (χ3v) is 2.67. The van der Waals surface area contributed by atoms with Crippen LogP contribution in [0.25, 0.3) is 0 Å². The molecule has 0 bridgehead atoms. The first-order chi connectivity index (χ1) is 10.4. The Bertz CT molecular complexity index is 215. The summed E-state index contributed by atoms with van der Waals surface area (Å²) in [6.45, 7) is 0. The van der Waals surface area contributed by atoms with Gasteiger partial charge in [0.25, 0.3) is 0 Å². The van der Waals surface area contributed by atoms with Gasteiger partial charge in [-0.05, 0) is 103 Å². The second kappa shape index (κ2) is 12.2. The molecule has 24 heavy (non-hydrogen) atoms. The van der Waals surface area contributed by atoms with Crippen LogP contribution < -0.4 is 0 Å². The zero-order valence-corrected chi connectivity index (χ0v) is 15.7. The third-order valence-electron chi connectivity index (χ3n) is 2.67. The molecule has 0 amide bonds. The molecule has 8 heteroatoms. The average Bonchev–Trinajstić information content (AvgIpc) is 2.22. The molecule has 2 rings (SSSR count). The topological polar surface area (TPSA) is 0 Å². The summed E-state index contributed by atoms with van der Waals surface area (Å²) in [5.74, 6) is 0. The van der Waals surface area contributed by atoms with Crippen LogP contribution in [0.2, 0.25) is 0 Å². The van der Waals surface area contributed by atoms with Crippen LogP contribution in [0.1, 0.15) is 51.4 Å². The Labute approximate surface area is 158 Å². The second-order valence-electron chi connectivity index (χ2n) is 5.15. The SMILES string of the molecule is F[P-](F)(F)(F)(F)F.[Ag+].[CH]1[CH]CC[CH][CH]CC1.[CH]1[CH]CC[CH][CH]CC1. The van der Waals surface area contributed by atoms with Crippen LogP contribution in [0.15, 0.2) is 0 Å². The van der Waals surface area contributed by atoms with E-state index >= 15 is 0 Å². The van der Waals surface area contributed by atoms with Crippen molar-refractivity contribution in [3.63, 3.8) is 0 Å². The van der Waals surface area contributed by atoms with Gasteiger partial charge in [-0.15, -0.1) is 0 Å². The van der Waals surface area contributed by atoms with E-state index in [2.05, 4.69) is 51.4 Å². The van der Waals surface area contributed by atoms with E-state index in [1.54, 1.807) is 0 Å². The molecule has 0 heterocycles. The van der Waals surface area contributed by atoms with Gasteiger partial charge in [-0.1, -0.05) is 0 Å². The maximum absolute atomic E-state index is 10.7. The van der Waals surface area contributed by atoms with Crippen LogP contribution in [-0.4, -0.2) is 0 Å². The summed E-state index contributed by atoms with van der Waals surface area (Å²) < 4.78 is 59.2. The molecule has 0 saturated heterocycles. The van der Waals surface area contributed by atoms with Gasteiger partial charge in [0.15, 0.2) is 0 Å². The van der Waals surface area contributed by atoms with Gasteiger partial charge in [0.1, 0.15) is 0 Å². The number of hydrogen-bond donors (Lipinski definition) is 0. The first-order valence-electron chi connectivity index (χ1n) is 7.61. The Hall–Kier alpha value is 0.750. The molecule has 0 aromatic carbocycles. The van der Waals surface area contributed by atoms with E-state index in [1.807, 2.05) is 0 Å². The fraction of sp³-hybridized carbons (Fsp3) is 0.500. The minimum absolute atomic E-state index is 0. The van der Waals surface area contributed by atoms with E-state index < -0.39 is 7.81 Å². The largest absolute Gasteiger partial charge is 1.00 e. The van der Waals surface area contributed by atoms with E-state index in [0.29, 0.717) is 0 Å². The summed E-state index contributed by atoms with van der Waals surface area (Å²) in [4.78, 5) is 0. The van der Waals surface area contributed by atoms with E-state index in [-0.39, 0.29) is 22.4 Å². The van der Waals surface area contributed by atoms with Crippen LogP contribution in [0.3, 0.4) is 0 Å². The van der Waals surface area contributed by atoms with Crippen LogP contribution in [0.5, 0.6) is 0 Å². The minimum Gasteiger partial charge on any atom is -0.0496 e. The monoisotopic (exact) mass is 468 g/mol. The third kappa shape index (κ3) is 38.4. The predicted octanol–water partition coefficient (Wildman–Crippen LogP) is 8.14. The van der Waals surface area contributed by atoms with Crippen molar-refractivity contribution in [2.45, 2.75) is 51.4 Å². The molecule has 2 aliphatic carbocycles. The average molecular weight is 469 g/mol. The Morgan fingerprint density at radius 3 is 0.542 bits per heavy atom. The molecule has 0 atom stereocenters. The van der Waals surface area contributed by atoms with Crippen LogP contribution >= 0.6 is 7.81 Å². The standard InChI is InChI=1S/2C8H12.Ag.F6P/c2*1-2-4-6-8-7-5-3-1;;1-7(2,3,4,5)6/h2*1-2,7-8H,3-6H2;;/q;;+1;-1. The molecule has 0 aromatic rings. The molecule has 0 N–H and O–H groups in total. The smallest absolute Gasteiger partial charge is 0.0496 e. The van der Waals surface area contributed by atoms with Gasteiger partial charge in [0, 0.05) is 0 Å². The molecule has 0 aromatic heterocycles. The summed E-state index contributed by atoms with van der Waals surface area (Å²) in [6.07, 6.45) is 28.0. The normalized spacial score (nSPS) is 22.8. The van der Waals surface area contributed by atoms with Crippen molar-refractivity contribution in [2.75, 3.05) is 0 Å². The molecule has 0 unspecified atom stereocenters. The minimum atomic E-state index is -10.7. The summed E-state index contributed by atoms with van der Waals surface area (Å²) in [6, 6.07) is 0. The zero-order valence-electron chi connectivity index (χ0n) is 13.3. The molecular weight excluding hydrogens is 445 g/mol.